The van der Waals surface area contributed by atoms with E-state index in [1.54, 1.807) is 13.0 Å². The van der Waals surface area contributed by atoms with E-state index in [2.05, 4.69) is 10.1 Å². The summed E-state index contributed by atoms with van der Waals surface area (Å²) in [4.78, 5) is 18.1. The van der Waals surface area contributed by atoms with Gasteiger partial charge in [0.05, 0.1) is 17.1 Å². The van der Waals surface area contributed by atoms with Crippen molar-refractivity contribution in [2.75, 3.05) is 24.6 Å². The highest BCUT2D eigenvalue weighted by Gasteiger charge is 2.31. The van der Waals surface area contributed by atoms with Crippen LogP contribution >= 0.6 is 0 Å². The zero-order valence-corrected chi connectivity index (χ0v) is 16.4. The van der Waals surface area contributed by atoms with Gasteiger partial charge in [0.25, 0.3) is 5.91 Å². The van der Waals surface area contributed by atoms with Crippen LogP contribution in [0, 0.1) is 6.92 Å². The number of fused-ring (bicyclic) bond motifs is 1. The Morgan fingerprint density at radius 3 is 2.57 bits per heavy atom. The van der Waals surface area contributed by atoms with Gasteiger partial charge >= 0.3 is 0 Å². The predicted octanol–water partition coefficient (Wildman–Crippen LogP) is 1.87. The molecule has 10 heteroatoms. The standard InChI is InChI=1S/C18H22N4O5S/c1-13-19-17(20-27-13)11-22-15-10-14(6-7-16(15)26-12-18(22)23)28(24,25)21-8-4-2-3-5-9-21/h6-7,10H,2-5,8-9,11-12H2,1H3. The van der Waals surface area contributed by atoms with E-state index in [4.69, 9.17) is 9.26 Å². The zero-order chi connectivity index (χ0) is 19.7. The van der Waals surface area contributed by atoms with Crippen LogP contribution < -0.4 is 9.64 Å². The minimum Gasteiger partial charge on any atom is -0.482 e. The molecular weight excluding hydrogens is 384 g/mol. The van der Waals surface area contributed by atoms with Crippen molar-refractivity contribution >= 4 is 21.6 Å². The number of sulfonamides is 1. The summed E-state index contributed by atoms with van der Waals surface area (Å²) in [6.07, 6.45) is 3.79. The number of aromatic nitrogens is 2. The number of nitrogens with zero attached hydrogens (tertiary/aromatic N) is 4. The van der Waals surface area contributed by atoms with Gasteiger partial charge in [-0.3, -0.25) is 9.69 Å². The predicted molar refractivity (Wildman–Crippen MR) is 99.4 cm³/mol. The van der Waals surface area contributed by atoms with Crippen LogP contribution in [-0.2, 0) is 21.4 Å². The number of anilines is 1. The van der Waals surface area contributed by atoms with Crippen LogP contribution in [-0.4, -0.2) is 48.5 Å². The molecule has 0 spiro atoms. The van der Waals surface area contributed by atoms with Crippen molar-refractivity contribution in [3.8, 4) is 5.75 Å². The first-order valence-corrected chi connectivity index (χ1v) is 10.8. The Bertz CT molecular complexity index is 980. The van der Waals surface area contributed by atoms with Gasteiger partial charge in [0, 0.05) is 20.0 Å². The van der Waals surface area contributed by atoms with E-state index in [9.17, 15) is 13.2 Å². The van der Waals surface area contributed by atoms with Crippen molar-refractivity contribution < 1.29 is 22.5 Å². The van der Waals surface area contributed by atoms with Gasteiger partial charge < -0.3 is 9.26 Å². The number of hydrogen-bond acceptors (Lipinski definition) is 7. The average Bonchev–Trinajstić information content (AvgIpc) is 2.92. The molecule has 2 aliphatic heterocycles. The number of carbonyl (C=O) groups is 1. The molecule has 1 aromatic heterocycles. The lowest BCUT2D eigenvalue weighted by atomic mass is 10.2. The normalized spacial score (nSPS) is 18.5. The lowest BCUT2D eigenvalue weighted by Gasteiger charge is -2.29. The Labute approximate surface area is 163 Å². The average molecular weight is 406 g/mol. The maximum absolute atomic E-state index is 13.1. The number of carbonyl (C=O) groups excluding carboxylic acids is 1. The molecule has 2 aromatic rings. The molecule has 4 rings (SSSR count). The van der Waals surface area contributed by atoms with Crippen LogP contribution in [0.4, 0.5) is 5.69 Å². The Kier molecular flexibility index (Phi) is 5.07. The highest BCUT2D eigenvalue weighted by Crippen LogP contribution is 2.36. The van der Waals surface area contributed by atoms with E-state index in [1.165, 1.54) is 21.3 Å². The SMILES string of the molecule is Cc1nc(CN2C(=O)COc3ccc(S(=O)(=O)N4CCCCCC4)cc32)no1. The fourth-order valence-corrected chi connectivity index (χ4v) is 5.03. The number of benzene rings is 1. The third kappa shape index (κ3) is 3.61. The van der Waals surface area contributed by atoms with Gasteiger partial charge in [0.1, 0.15) is 5.75 Å². The lowest BCUT2D eigenvalue weighted by Crippen LogP contribution is -2.39. The Hall–Kier alpha value is -2.46. The summed E-state index contributed by atoms with van der Waals surface area (Å²) < 4.78 is 38.2. The number of amides is 1. The van der Waals surface area contributed by atoms with Crippen molar-refractivity contribution in [3.05, 3.63) is 29.9 Å². The van der Waals surface area contributed by atoms with E-state index >= 15 is 0 Å². The summed E-state index contributed by atoms with van der Waals surface area (Å²) in [6, 6.07) is 4.63. The van der Waals surface area contributed by atoms with Crippen LogP contribution in [0.15, 0.2) is 27.6 Å². The second kappa shape index (κ2) is 7.51. The molecule has 9 nitrogen and oxygen atoms in total. The topological polar surface area (TPSA) is 106 Å². The quantitative estimate of drug-likeness (QED) is 0.763. The minimum atomic E-state index is -3.64. The molecule has 0 bridgehead atoms. The third-order valence-corrected chi connectivity index (χ3v) is 6.84. The molecule has 0 radical (unpaired) electrons. The summed E-state index contributed by atoms with van der Waals surface area (Å²) in [6.45, 7) is 2.65. The Morgan fingerprint density at radius 2 is 1.89 bits per heavy atom. The van der Waals surface area contributed by atoms with Gasteiger partial charge in [-0.25, -0.2) is 8.42 Å². The van der Waals surface area contributed by atoms with Gasteiger partial charge in [-0.1, -0.05) is 18.0 Å². The summed E-state index contributed by atoms with van der Waals surface area (Å²) >= 11 is 0. The summed E-state index contributed by atoms with van der Waals surface area (Å²) in [5.41, 5.74) is 0.398. The fraction of sp³-hybridized carbons (Fsp3) is 0.500. The first-order valence-electron chi connectivity index (χ1n) is 9.32. The molecule has 2 aliphatic rings. The molecule has 1 fully saturated rings. The smallest absolute Gasteiger partial charge is 0.265 e. The molecule has 0 aliphatic carbocycles. The number of ether oxygens (including phenoxy) is 1. The second-order valence-electron chi connectivity index (χ2n) is 6.95. The molecule has 28 heavy (non-hydrogen) atoms. The van der Waals surface area contributed by atoms with E-state index in [0.29, 0.717) is 36.2 Å². The van der Waals surface area contributed by atoms with Crippen LogP contribution in [0.2, 0.25) is 0 Å². The summed E-state index contributed by atoms with van der Waals surface area (Å²) in [5.74, 6) is 0.904. The number of rotatable bonds is 4. The molecule has 1 saturated heterocycles. The van der Waals surface area contributed by atoms with Gasteiger partial charge in [0.15, 0.2) is 12.4 Å². The molecule has 1 amide bonds. The third-order valence-electron chi connectivity index (χ3n) is 4.95. The minimum absolute atomic E-state index is 0.0831. The highest BCUT2D eigenvalue weighted by molar-refractivity contribution is 7.89. The molecular formula is C18H22N4O5S. The van der Waals surface area contributed by atoms with E-state index in [0.717, 1.165) is 25.7 Å². The first-order chi connectivity index (χ1) is 13.4. The molecule has 0 unspecified atom stereocenters. The van der Waals surface area contributed by atoms with Gasteiger partial charge in [-0.2, -0.15) is 9.29 Å². The lowest BCUT2D eigenvalue weighted by molar-refractivity contribution is -0.121. The maximum Gasteiger partial charge on any atom is 0.265 e. The first kappa shape index (κ1) is 18.9. The molecule has 0 atom stereocenters. The molecule has 150 valence electrons. The van der Waals surface area contributed by atoms with Crippen LogP contribution in [0.1, 0.15) is 37.4 Å². The fourth-order valence-electron chi connectivity index (χ4n) is 3.49. The van der Waals surface area contributed by atoms with E-state index < -0.39 is 10.0 Å². The van der Waals surface area contributed by atoms with Crippen molar-refractivity contribution in [3.63, 3.8) is 0 Å². The van der Waals surface area contributed by atoms with Crippen LogP contribution in [0.25, 0.3) is 0 Å². The molecule has 3 heterocycles. The highest BCUT2D eigenvalue weighted by atomic mass is 32.2. The summed E-state index contributed by atoms with van der Waals surface area (Å²) in [5, 5.41) is 3.82. The van der Waals surface area contributed by atoms with Gasteiger partial charge in [-0.05, 0) is 31.0 Å². The number of hydrogen-bond donors (Lipinski definition) is 0. The summed E-state index contributed by atoms with van der Waals surface area (Å²) in [7, 11) is -3.64. The molecule has 1 aromatic carbocycles. The van der Waals surface area contributed by atoms with Crippen molar-refractivity contribution in [1.29, 1.82) is 0 Å². The van der Waals surface area contributed by atoms with Crippen molar-refractivity contribution in [2.24, 2.45) is 0 Å². The monoisotopic (exact) mass is 406 g/mol. The Balaban J connectivity index is 1.68. The zero-order valence-electron chi connectivity index (χ0n) is 15.6. The largest absolute Gasteiger partial charge is 0.482 e. The number of aryl methyl sites for hydroxylation is 1. The molecule has 0 N–H and O–H groups in total. The maximum atomic E-state index is 13.1. The van der Waals surface area contributed by atoms with Crippen molar-refractivity contribution in [1.82, 2.24) is 14.4 Å². The molecule has 0 saturated carbocycles. The van der Waals surface area contributed by atoms with E-state index in [-0.39, 0.29) is 24.0 Å². The van der Waals surface area contributed by atoms with Gasteiger partial charge in [0.2, 0.25) is 15.9 Å². The Morgan fingerprint density at radius 1 is 1.14 bits per heavy atom. The van der Waals surface area contributed by atoms with Crippen LogP contribution in [0.3, 0.4) is 0 Å². The van der Waals surface area contributed by atoms with Crippen LogP contribution in [0.5, 0.6) is 5.75 Å². The van der Waals surface area contributed by atoms with E-state index in [1.807, 2.05) is 0 Å². The van der Waals surface area contributed by atoms with Gasteiger partial charge in [-0.15, -0.1) is 0 Å². The second-order valence-corrected chi connectivity index (χ2v) is 8.88. The van der Waals surface area contributed by atoms with Crippen molar-refractivity contribution in [2.45, 2.75) is 44.0 Å².